The van der Waals surface area contributed by atoms with E-state index < -0.39 is 0 Å². The SMILES string of the molecule is Cc1ccc(-n2c3ccccc3c3cc(N(c4ccc(-c5ccc6ccccc6c5)cc4)c4ccc(-c5c6ccccc6c(-c6ccccc6)c6ccccc56)cc4)ccc32)cc1. The predicted molar refractivity (Wildman–Crippen MR) is 269 cm³/mol. The summed E-state index contributed by atoms with van der Waals surface area (Å²) in [5, 5.41) is 9.96. The van der Waals surface area contributed by atoms with Crippen molar-refractivity contribution < 1.29 is 0 Å². The van der Waals surface area contributed by atoms with Crippen LogP contribution in [0.2, 0.25) is 0 Å². The Morgan fingerprint density at radius 1 is 0.302 bits per heavy atom. The average Bonchev–Trinajstić information content (AvgIpc) is 3.68. The number of aryl methyl sites for hydroxylation is 1. The highest BCUT2D eigenvalue weighted by Gasteiger charge is 2.20. The van der Waals surface area contributed by atoms with Crippen molar-refractivity contribution in [2.45, 2.75) is 6.92 Å². The number of para-hydroxylation sites is 1. The Morgan fingerprint density at radius 3 is 1.41 bits per heavy atom. The molecule has 11 aromatic carbocycles. The molecule has 12 aromatic rings. The molecule has 12 rings (SSSR count). The molecule has 0 fully saturated rings. The maximum atomic E-state index is 2.40. The third-order valence-corrected chi connectivity index (χ3v) is 12.8. The van der Waals surface area contributed by atoms with E-state index in [9.17, 15) is 0 Å². The molecule has 296 valence electrons. The highest BCUT2D eigenvalue weighted by atomic mass is 15.1. The first kappa shape index (κ1) is 36.6. The molecule has 0 saturated heterocycles. The van der Waals surface area contributed by atoms with Crippen molar-refractivity contribution in [3.63, 3.8) is 0 Å². The summed E-state index contributed by atoms with van der Waals surface area (Å²) in [6, 6.07) is 86.7. The van der Waals surface area contributed by atoms with E-state index in [1.54, 1.807) is 0 Å². The van der Waals surface area contributed by atoms with Crippen LogP contribution in [-0.4, -0.2) is 4.57 Å². The van der Waals surface area contributed by atoms with Crippen molar-refractivity contribution in [1.29, 1.82) is 0 Å². The number of fused-ring (bicyclic) bond motifs is 6. The summed E-state index contributed by atoms with van der Waals surface area (Å²) in [4.78, 5) is 2.40. The maximum absolute atomic E-state index is 2.40. The summed E-state index contributed by atoms with van der Waals surface area (Å²) >= 11 is 0. The van der Waals surface area contributed by atoms with Crippen LogP contribution in [0.1, 0.15) is 5.56 Å². The molecular formula is C61H42N2. The molecule has 2 nitrogen and oxygen atoms in total. The molecule has 0 bridgehead atoms. The van der Waals surface area contributed by atoms with Crippen LogP contribution in [-0.2, 0) is 0 Å². The molecule has 0 saturated carbocycles. The van der Waals surface area contributed by atoms with Gasteiger partial charge in [-0.05, 0) is 139 Å². The van der Waals surface area contributed by atoms with Crippen LogP contribution in [0, 0.1) is 6.92 Å². The van der Waals surface area contributed by atoms with Crippen LogP contribution in [0.3, 0.4) is 0 Å². The van der Waals surface area contributed by atoms with Crippen molar-refractivity contribution >= 4 is 71.2 Å². The number of hydrogen-bond donors (Lipinski definition) is 0. The largest absolute Gasteiger partial charge is 0.310 e. The van der Waals surface area contributed by atoms with Gasteiger partial charge in [0.2, 0.25) is 0 Å². The van der Waals surface area contributed by atoms with Gasteiger partial charge in [0.05, 0.1) is 11.0 Å². The lowest BCUT2D eigenvalue weighted by Crippen LogP contribution is -2.10. The minimum absolute atomic E-state index is 1.09. The Kier molecular flexibility index (Phi) is 8.76. The minimum atomic E-state index is 1.09. The molecule has 1 heterocycles. The number of hydrogen-bond acceptors (Lipinski definition) is 1. The molecule has 0 spiro atoms. The number of aromatic nitrogens is 1. The fraction of sp³-hybridized carbons (Fsp3) is 0.0164. The van der Waals surface area contributed by atoms with Gasteiger partial charge in [-0.1, -0.05) is 175 Å². The van der Waals surface area contributed by atoms with Crippen LogP contribution in [0.5, 0.6) is 0 Å². The van der Waals surface area contributed by atoms with E-state index in [2.05, 4.69) is 253 Å². The van der Waals surface area contributed by atoms with Gasteiger partial charge in [-0.25, -0.2) is 0 Å². The zero-order valence-corrected chi connectivity index (χ0v) is 34.9. The second-order valence-electron chi connectivity index (χ2n) is 16.6. The molecule has 0 aliphatic rings. The lowest BCUT2D eigenvalue weighted by molar-refractivity contribution is 1.17. The molecular weight excluding hydrogens is 761 g/mol. The topological polar surface area (TPSA) is 8.17 Å². The molecule has 0 aliphatic carbocycles. The quantitative estimate of drug-likeness (QED) is 0.146. The van der Waals surface area contributed by atoms with Gasteiger partial charge in [-0.2, -0.15) is 0 Å². The smallest absolute Gasteiger partial charge is 0.0542 e. The summed E-state index contributed by atoms with van der Waals surface area (Å²) in [7, 11) is 0. The summed E-state index contributed by atoms with van der Waals surface area (Å²) < 4.78 is 2.39. The lowest BCUT2D eigenvalue weighted by Gasteiger charge is -2.26. The van der Waals surface area contributed by atoms with E-state index in [1.165, 1.54) is 93.1 Å². The van der Waals surface area contributed by atoms with E-state index >= 15 is 0 Å². The standard InChI is InChI=1S/C61H42N2/c1-41-23-31-50(32-24-41)63-58-22-12-11-17-52(58)57-40-51(37-38-59(57)63)62(48-33-27-43(28-34-48)47-26-25-42-13-5-6-16-46(42)39-47)49-35-29-45(30-36-49)61-55-20-9-7-18-53(55)60(44-14-3-2-4-15-44)54-19-8-10-21-56(54)61/h2-40H,1H3. The van der Waals surface area contributed by atoms with Gasteiger partial charge in [-0.3, -0.25) is 0 Å². The van der Waals surface area contributed by atoms with Crippen molar-refractivity contribution in [3.8, 4) is 39.1 Å². The van der Waals surface area contributed by atoms with E-state index in [0.717, 1.165) is 22.7 Å². The van der Waals surface area contributed by atoms with E-state index in [0.29, 0.717) is 0 Å². The number of anilines is 3. The lowest BCUT2D eigenvalue weighted by atomic mass is 9.86. The van der Waals surface area contributed by atoms with Crippen LogP contribution in [0.15, 0.2) is 237 Å². The van der Waals surface area contributed by atoms with Gasteiger partial charge in [0.1, 0.15) is 0 Å². The zero-order chi connectivity index (χ0) is 41.9. The molecule has 2 heteroatoms. The molecule has 1 aromatic heterocycles. The molecule has 0 aliphatic heterocycles. The third kappa shape index (κ3) is 6.26. The van der Waals surface area contributed by atoms with Crippen LogP contribution < -0.4 is 4.90 Å². The Balaban J connectivity index is 1.02. The number of benzene rings is 11. The Labute approximate surface area is 367 Å². The molecule has 0 amide bonds. The number of rotatable bonds is 7. The van der Waals surface area contributed by atoms with Gasteiger partial charge in [0, 0.05) is 33.5 Å². The first-order valence-corrected chi connectivity index (χ1v) is 21.8. The maximum Gasteiger partial charge on any atom is 0.0542 e. The average molecular weight is 803 g/mol. The Hall–Kier alpha value is -8.20. The van der Waals surface area contributed by atoms with Gasteiger partial charge in [-0.15, -0.1) is 0 Å². The fourth-order valence-electron chi connectivity index (χ4n) is 9.82. The van der Waals surface area contributed by atoms with E-state index in [4.69, 9.17) is 0 Å². The summed E-state index contributed by atoms with van der Waals surface area (Å²) in [5.41, 5.74) is 15.4. The van der Waals surface area contributed by atoms with Crippen LogP contribution >= 0.6 is 0 Å². The minimum Gasteiger partial charge on any atom is -0.310 e. The van der Waals surface area contributed by atoms with Gasteiger partial charge in [0.25, 0.3) is 0 Å². The van der Waals surface area contributed by atoms with Gasteiger partial charge in [0.15, 0.2) is 0 Å². The Bertz CT molecular complexity index is 3600. The monoisotopic (exact) mass is 802 g/mol. The van der Waals surface area contributed by atoms with Crippen molar-refractivity contribution in [2.24, 2.45) is 0 Å². The highest BCUT2D eigenvalue weighted by molar-refractivity contribution is 6.21. The summed E-state index contributed by atoms with van der Waals surface area (Å²) in [6.45, 7) is 2.14. The van der Waals surface area contributed by atoms with E-state index in [1.807, 2.05) is 0 Å². The van der Waals surface area contributed by atoms with Gasteiger partial charge >= 0.3 is 0 Å². The number of nitrogens with zero attached hydrogens (tertiary/aromatic N) is 2. The molecule has 0 atom stereocenters. The van der Waals surface area contributed by atoms with Gasteiger partial charge < -0.3 is 9.47 Å². The zero-order valence-electron chi connectivity index (χ0n) is 34.9. The van der Waals surface area contributed by atoms with Crippen molar-refractivity contribution in [2.75, 3.05) is 4.90 Å². The van der Waals surface area contributed by atoms with Crippen LogP contribution in [0.25, 0.3) is 93.2 Å². The van der Waals surface area contributed by atoms with Crippen molar-refractivity contribution in [3.05, 3.63) is 242 Å². The second-order valence-corrected chi connectivity index (χ2v) is 16.6. The summed E-state index contributed by atoms with van der Waals surface area (Å²) in [6.07, 6.45) is 0. The second kappa shape index (κ2) is 15.1. The van der Waals surface area contributed by atoms with Crippen LogP contribution in [0.4, 0.5) is 17.1 Å². The molecule has 0 N–H and O–H groups in total. The highest BCUT2D eigenvalue weighted by Crippen LogP contribution is 2.45. The predicted octanol–water partition coefficient (Wildman–Crippen LogP) is 17.0. The Morgan fingerprint density at radius 2 is 0.778 bits per heavy atom. The summed E-state index contributed by atoms with van der Waals surface area (Å²) in [5.74, 6) is 0. The first-order valence-electron chi connectivity index (χ1n) is 21.8. The van der Waals surface area contributed by atoms with Crippen molar-refractivity contribution in [1.82, 2.24) is 4.57 Å². The van der Waals surface area contributed by atoms with E-state index in [-0.39, 0.29) is 0 Å². The molecule has 63 heavy (non-hydrogen) atoms. The molecule has 0 unspecified atom stereocenters. The molecule has 0 radical (unpaired) electrons. The third-order valence-electron chi connectivity index (χ3n) is 12.8. The normalized spacial score (nSPS) is 11.6. The first-order chi connectivity index (χ1) is 31.2. The fourth-order valence-corrected chi connectivity index (χ4v) is 9.82.